The lowest BCUT2D eigenvalue weighted by molar-refractivity contribution is -0.137. The first kappa shape index (κ1) is 15.9. The topological polar surface area (TPSA) is 72.9 Å². The lowest BCUT2D eigenvalue weighted by Crippen LogP contribution is -2.39. The number of nitrogens with zero attached hydrogens (tertiary/aromatic N) is 1. The van der Waals surface area contributed by atoms with E-state index in [-0.39, 0.29) is 5.70 Å². The van der Waals surface area contributed by atoms with Crippen LogP contribution in [0.3, 0.4) is 0 Å². The minimum atomic E-state index is -0.965. The second-order valence-electron chi connectivity index (χ2n) is 4.01. The van der Waals surface area contributed by atoms with Gasteiger partial charge in [0.25, 0.3) is 3.91 Å². The number of halogens is 1. The van der Waals surface area contributed by atoms with Crippen LogP contribution in [-0.2, 0) is 14.3 Å². The highest BCUT2D eigenvalue weighted by atomic mass is 127. The Bertz CT molecular complexity index is 358. The molecule has 0 radical (unpaired) electrons. The number of esters is 1. The van der Waals surface area contributed by atoms with E-state index in [1.807, 2.05) is 0 Å². The van der Waals surface area contributed by atoms with Gasteiger partial charge in [0.2, 0.25) is 0 Å². The van der Waals surface area contributed by atoms with E-state index in [0.29, 0.717) is 4.90 Å². The highest BCUT2D eigenvalue weighted by Crippen LogP contribution is 2.16. The summed E-state index contributed by atoms with van der Waals surface area (Å²) in [5, 5.41) is 0. The number of methoxy groups -OCH3 is 1. The van der Waals surface area contributed by atoms with Crippen LogP contribution in [-0.4, -0.2) is 33.6 Å². The van der Waals surface area contributed by atoms with Gasteiger partial charge in [0.05, 0.1) is 7.11 Å². The third-order valence-electron chi connectivity index (χ3n) is 1.44. The minimum absolute atomic E-state index is 0.388. The number of imide groups is 1. The van der Waals surface area contributed by atoms with E-state index in [1.54, 1.807) is 20.8 Å². The summed E-state index contributed by atoms with van der Waals surface area (Å²) in [5.74, 6) is -0.874. The average molecular weight is 355 g/mol. The van der Waals surface area contributed by atoms with Crippen molar-refractivity contribution in [3.8, 4) is 0 Å². The van der Waals surface area contributed by atoms with Crippen molar-refractivity contribution in [1.82, 2.24) is 4.90 Å². The monoisotopic (exact) mass is 355 g/mol. The number of rotatable bonds is 2. The van der Waals surface area contributed by atoms with Gasteiger partial charge in [-0.25, -0.2) is 9.59 Å². The third kappa shape index (κ3) is 5.16. The van der Waals surface area contributed by atoms with Crippen molar-refractivity contribution in [2.45, 2.75) is 26.4 Å². The molecule has 0 saturated heterocycles. The Kier molecular flexibility index (Phi) is 5.59. The van der Waals surface area contributed by atoms with Crippen LogP contribution < -0.4 is 0 Å². The normalized spacial score (nSPS) is 10.4. The Morgan fingerprint density at radius 1 is 1.24 bits per heavy atom. The standard InChI is InChI=1S/C10H14INO5/c1-6(7(13)16-5)12(8(11)14)9(15)17-10(2,3)4/h1H2,2-5H3. The molecule has 2 amide bonds. The highest BCUT2D eigenvalue weighted by molar-refractivity contribution is 14.1. The Balaban J connectivity index is 5.00. The number of carbonyl (C=O) groups is 3. The molecule has 0 atom stereocenters. The number of hydrogen-bond donors (Lipinski definition) is 0. The number of hydrogen-bond acceptors (Lipinski definition) is 5. The van der Waals surface area contributed by atoms with Gasteiger partial charge in [-0.3, -0.25) is 4.79 Å². The van der Waals surface area contributed by atoms with Crippen LogP contribution in [0.5, 0.6) is 0 Å². The molecule has 0 aliphatic heterocycles. The fourth-order valence-electron chi connectivity index (χ4n) is 0.805. The lowest BCUT2D eigenvalue weighted by atomic mass is 10.2. The number of ether oxygens (including phenoxy) is 2. The zero-order valence-electron chi connectivity index (χ0n) is 10.1. The average Bonchev–Trinajstić information content (AvgIpc) is 2.12. The van der Waals surface area contributed by atoms with E-state index in [2.05, 4.69) is 11.3 Å². The fraction of sp³-hybridized carbons (Fsp3) is 0.500. The quantitative estimate of drug-likeness (QED) is 0.250. The lowest BCUT2D eigenvalue weighted by Gasteiger charge is -2.24. The molecule has 0 aliphatic carbocycles. The van der Waals surface area contributed by atoms with Gasteiger partial charge in [0, 0.05) is 22.6 Å². The largest absolute Gasteiger partial charge is 0.464 e. The summed E-state index contributed by atoms with van der Waals surface area (Å²) in [5.41, 5.74) is -1.17. The molecule has 0 rings (SSSR count). The van der Waals surface area contributed by atoms with Gasteiger partial charge in [0.1, 0.15) is 11.3 Å². The summed E-state index contributed by atoms with van der Waals surface area (Å²) in [4.78, 5) is 34.7. The van der Waals surface area contributed by atoms with Crippen LogP contribution >= 0.6 is 22.6 Å². The van der Waals surface area contributed by atoms with Gasteiger partial charge in [-0.15, -0.1) is 0 Å². The van der Waals surface area contributed by atoms with Gasteiger partial charge < -0.3 is 9.47 Å². The zero-order valence-corrected chi connectivity index (χ0v) is 12.2. The SMILES string of the molecule is C=C(C(=O)OC)N(C(=O)I)C(=O)OC(C)(C)C. The molecular weight excluding hydrogens is 341 g/mol. The fourth-order valence-corrected chi connectivity index (χ4v) is 1.29. The highest BCUT2D eigenvalue weighted by Gasteiger charge is 2.31. The molecule has 17 heavy (non-hydrogen) atoms. The maximum atomic E-state index is 11.7. The maximum absolute atomic E-state index is 11.7. The summed E-state index contributed by atoms with van der Waals surface area (Å²) < 4.78 is 8.65. The first-order valence-electron chi connectivity index (χ1n) is 4.60. The Hall–Kier alpha value is -1.12. The second kappa shape index (κ2) is 5.99. The van der Waals surface area contributed by atoms with Gasteiger partial charge >= 0.3 is 12.1 Å². The van der Waals surface area contributed by atoms with Gasteiger partial charge in [-0.2, -0.15) is 4.90 Å². The van der Waals surface area contributed by atoms with E-state index in [4.69, 9.17) is 4.74 Å². The molecule has 0 heterocycles. The van der Waals surface area contributed by atoms with Crippen molar-refractivity contribution in [2.24, 2.45) is 0 Å². The summed E-state index contributed by atoms with van der Waals surface area (Å²) in [6, 6.07) is 0. The van der Waals surface area contributed by atoms with Crippen LogP contribution in [0.2, 0.25) is 0 Å². The molecule has 0 bridgehead atoms. The Labute approximate surface area is 113 Å². The summed E-state index contributed by atoms with van der Waals surface area (Å²) in [6.45, 7) is 8.24. The molecule has 0 unspecified atom stereocenters. The van der Waals surface area contributed by atoms with Crippen molar-refractivity contribution in [3.05, 3.63) is 12.3 Å². The smallest absolute Gasteiger partial charge is 0.422 e. The zero-order chi connectivity index (χ0) is 13.8. The third-order valence-corrected chi connectivity index (χ3v) is 1.93. The van der Waals surface area contributed by atoms with Crippen LogP contribution in [0.25, 0.3) is 0 Å². The first-order valence-corrected chi connectivity index (χ1v) is 5.68. The van der Waals surface area contributed by atoms with Gasteiger partial charge in [0.15, 0.2) is 0 Å². The molecule has 7 heteroatoms. The molecule has 0 aromatic heterocycles. The number of amides is 2. The summed E-state index contributed by atoms with van der Waals surface area (Å²) in [6.07, 6.45) is -0.965. The van der Waals surface area contributed by atoms with E-state index < -0.39 is 21.6 Å². The summed E-state index contributed by atoms with van der Waals surface area (Å²) >= 11 is 1.35. The predicted molar refractivity (Wildman–Crippen MR) is 68.6 cm³/mol. The van der Waals surface area contributed by atoms with Gasteiger partial charge in [-0.1, -0.05) is 6.58 Å². The molecule has 0 aromatic rings. The van der Waals surface area contributed by atoms with Crippen molar-refractivity contribution >= 4 is 38.6 Å². The van der Waals surface area contributed by atoms with E-state index in [1.165, 1.54) is 22.6 Å². The second-order valence-corrected chi connectivity index (χ2v) is 4.93. The van der Waals surface area contributed by atoms with E-state index in [9.17, 15) is 14.4 Å². The van der Waals surface area contributed by atoms with Crippen molar-refractivity contribution in [2.75, 3.05) is 7.11 Å². The Morgan fingerprint density at radius 3 is 2.00 bits per heavy atom. The van der Waals surface area contributed by atoms with Crippen LogP contribution in [0.15, 0.2) is 12.3 Å². The first-order chi connectivity index (χ1) is 7.60. The van der Waals surface area contributed by atoms with Gasteiger partial charge in [-0.05, 0) is 20.8 Å². The van der Waals surface area contributed by atoms with Crippen molar-refractivity contribution < 1.29 is 23.9 Å². The molecule has 0 N–H and O–H groups in total. The molecule has 0 aliphatic rings. The van der Waals surface area contributed by atoms with Crippen molar-refractivity contribution in [1.29, 1.82) is 0 Å². The molecule has 6 nitrogen and oxygen atoms in total. The Morgan fingerprint density at radius 2 is 1.71 bits per heavy atom. The molecule has 0 saturated carbocycles. The molecule has 0 aromatic carbocycles. The summed E-state index contributed by atoms with van der Waals surface area (Å²) in [7, 11) is 1.12. The number of carbonyl (C=O) groups excluding carboxylic acids is 3. The molecule has 0 spiro atoms. The van der Waals surface area contributed by atoms with Crippen LogP contribution in [0, 0.1) is 0 Å². The van der Waals surface area contributed by atoms with E-state index >= 15 is 0 Å². The molecular formula is C10H14INO5. The predicted octanol–water partition coefficient (Wildman–Crippen LogP) is 2.47. The minimum Gasteiger partial charge on any atom is -0.464 e. The molecule has 0 fully saturated rings. The molecule has 96 valence electrons. The van der Waals surface area contributed by atoms with Crippen LogP contribution in [0.1, 0.15) is 20.8 Å². The van der Waals surface area contributed by atoms with Crippen LogP contribution in [0.4, 0.5) is 9.59 Å². The van der Waals surface area contributed by atoms with Crippen molar-refractivity contribution in [3.63, 3.8) is 0 Å². The maximum Gasteiger partial charge on any atom is 0.422 e. The van der Waals surface area contributed by atoms with E-state index in [0.717, 1.165) is 7.11 Å².